The molecule has 9 nitrogen and oxygen atoms in total. The first kappa shape index (κ1) is 31.1. The van der Waals surface area contributed by atoms with Gasteiger partial charge in [0.1, 0.15) is 18.2 Å². The molecule has 9 heteroatoms. The zero-order valence-corrected chi connectivity index (χ0v) is 22.9. The summed E-state index contributed by atoms with van der Waals surface area (Å²) in [5.74, 6) is -2.63. The molecule has 0 saturated carbocycles. The molecule has 0 bridgehead atoms. The number of hydrogen-bond donors (Lipinski definition) is 1. The lowest BCUT2D eigenvalue weighted by Crippen LogP contribution is -2.40. The smallest absolute Gasteiger partial charge is 0.323 e. The molecule has 0 saturated heterocycles. The van der Waals surface area contributed by atoms with Gasteiger partial charge in [-0.05, 0) is 58.2 Å². The molecule has 0 amide bonds. The normalized spacial score (nSPS) is 14.1. The van der Waals surface area contributed by atoms with Crippen molar-refractivity contribution >= 4 is 23.9 Å². The van der Waals surface area contributed by atoms with Crippen molar-refractivity contribution in [1.82, 2.24) is 0 Å². The van der Waals surface area contributed by atoms with Crippen LogP contribution in [0.5, 0.6) is 11.5 Å². The summed E-state index contributed by atoms with van der Waals surface area (Å²) in [7, 11) is 0. The van der Waals surface area contributed by atoms with Crippen LogP contribution in [0.1, 0.15) is 74.3 Å². The number of carbonyl (C=O) groups excluding carboxylic acids is 4. The van der Waals surface area contributed by atoms with Crippen molar-refractivity contribution in [3.63, 3.8) is 0 Å². The number of nitrogens with two attached hydrogens (primary N) is 1. The predicted molar refractivity (Wildman–Crippen MR) is 134 cm³/mol. The van der Waals surface area contributed by atoms with E-state index >= 15 is 0 Å². The van der Waals surface area contributed by atoms with Gasteiger partial charge in [0.2, 0.25) is 0 Å². The van der Waals surface area contributed by atoms with Crippen molar-refractivity contribution in [2.75, 3.05) is 0 Å². The Hall–Kier alpha value is -2.94. The van der Waals surface area contributed by atoms with Gasteiger partial charge in [-0.3, -0.25) is 19.2 Å². The Balaban J connectivity index is 2.92. The number of carbonyl (C=O) groups is 4. The van der Waals surface area contributed by atoms with Crippen LogP contribution in [0.4, 0.5) is 0 Å². The Labute approximate surface area is 214 Å². The molecule has 2 N–H and O–H groups in total. The third-order valence-corrected chi connectivity index (χ3v) is 5.82. The quantitative estimate of drug-likeness (QED) is 0.329. The van der Waals surface area contributed by atoms with E-state index < -0.39 is 47.5 Å². The highest BCUT2D eigenvalue weighted by molar-refractivity contribution is 5.79. The van der Waals surface area contributed by atoms with Crippen LogP contribution in [-0.2, 0) is 35.1 Å². The summed E-state index contributed by atoms with van der Waals surface area (Å²) in [6.45, 7) is 15.5. The number of esters is 4. The number of rotatable bonds is 12. The van der Waals surface area contributed by atoms with Crippen LogP contribution >= 0.6 is 0 Å². The average Bonchev–Trinajstić information content (AvgIpc) is 2.79. The minimum Gasteiger partial charge on any atom is -0.458 e. The SMILES string of the molecule is CCC(C)(C)C(=O)O[C@@H](C)[C@H](C)OC(=O)[C@@H](N)Cc1ccc(OC(=O)C(C)C)c(OC(=O)C(C)C)c1. The van der Waals surface area contributed by atoms with Crippen molar-refractivity contribution in [1.29, 1.82) is 0 Å². The lowest BCUT2D eigenvalue weighted by atomic mass is 9.90. The van der Waals surface area contributed by atoms with Gasteiger partial charge < -0.3 is 24.7 Å². The molecule has 0 radical (unpaired) electrons. The molecule has 3 atom stereocenters. The first-order valence-electron chi connectivity index (χ1n) is 12.3. The van der Waals surface area contributed by atoms with Gasteiger partial charge in [0.05, 0.1) is 17.3 Å². The summed E-state index contributed by atoms with van der Waals surface area (Å²) < 4.78 is 21.7. The molecule has 1 aromatic rings. The Morgan fingerprint density at radius 3 is 1.81 bits per heavy atom. The first-order chi connectivity index (χ1) is 16.6. The van der Waals surface area contributed by atoms with Gasteiger partial charge in [-0.2, -0.15) is 0 Å². The van der Waals surface area contributed by atoms with Crippen molar-refractivity contribution in [2.45, 2.75) is 93.4 Å². The van der Waals surface area contributed by atoms with E-state index in [0.717, 1.165) is 0 Å². The van der Waals surface area contributed by atoms with Crippen LogP contribution in [0.3, 0.4) is 0 Å². The van der Waals surface area contributed by atoms with Crippen LogP contribution in [0.2, 0.25) is 0 Å². The molecule has 36 heavy (non-hydrogen) atoms. The second-order valence-electron chi connectivity index (χ2n) is 10.2. The minimum absolute atomic E-state index is 0.0632. The zero-order chi connectivity index (χ0) is 27.8. The third kappa shape index (κ3) is 9.26. The lowest BCUT2D eigenvalue weighted by Gasteiger charge is -2.27. The van der Waals surface area contributed by atoms with Gasteiger partial charge in [0.15, 0.2) is 11.5 Å². The summed E-state index contributed by atoms with van der Waals surface area (Å²) in [5.41, 5.74) is 6.01. The number of hydrogen-bond acceptors (Lipinski definition) is 9. The maximum atomic E-state index is 12.6. The van der Waals surface area contributed by atoms with Crippen molar-refractivity contribution < 1.29 is 38.1 Å². The molecule has 0 heterocycles. The Morgan fingerprint density at radius 1 is 0.806 bits per heavy atom. The molecule has 202 valence electrons. The van der Waals surface area contributed by atoms with E-state index in [4.69, 9.17) is 24.7 Å². The summed E-state index contributed by atoms with van der Waals surface area (Å²) in [6.07, 6.45) is -0.675. The zero-order valence-electron chi connectivity index (χ0n) is 22.9. The second-order valence-corrected chi connectivity index (χ2v) is 10.2. The first-order valence-corrected chi connectivity index (χ1v) is 12.3. The summed E-state index contributed by atoms with van der Waals surface area (Å²) in [6, 6.07) is 3.61. The van der Waals surface area contributed by atoms with Crippen molar-refractivity contribution in [2.24, 2.45) is 23.0 Å². The lowest BCUT2D eigenvalue weighted by molar-refractivity contribution is -0.172. The minimum atomic E-state index is -1.03. The fourth-order valence-electron chi connectivity index (χ4n) is 2.57. The van der Waals surface area contributed by atoms with Gasteiger partial charge in [-0.25, -0.2) is 0 Å². The largest absolute Gasteiger partial charge is 0.458 e. The number of ether oxygens (including phenoxy) is 4. The Morgan fingerprint density at radius 2 is 1.31 bits per heavy atom. The number of benzene rings is 1. The van der Waals surface area contributed by atoms with E-state index in [2.05, 4.69) is 0 Å². The molecular weight excluding hydrogens is 466 g/mol. The van der Waals surface area contributed by atoms with E-state index in [0.29, 0.717) is 12.0 Å². The summed E-state index contributed by atoms with van der Waals surface area (Å²) in [4.78, 5) is 49.1. The molecule has 0 aliphatic rings. The van der Waals surface area contributed by atoms with E-state index in [1.807, 2.05) is 6.92 Å². The van der Waals surface area contributed by atoms with Gasteiger partial charge in [0.25, 0.3) is 0 Å². The van der Waals surface area contributed by atoms with Crippen LogP contribution in [0.25, 0.3) is 0 Å². The molecule has 1 aromatic carbocycles. The van der Waals surface area contributed by atoms with Crippen LogP contribution in [0.15, 0.2) is 18.2 Å². The molecule has 0 unspecified atom stereocenters. The molecule has 0 aliphatic carbocycles. The molecular formula is C27H41NO8. The highest BCUT2D eigenvalue weighted by atomic mass is 16.6. The van der Waals surface area contributed by atoms with Crippen LogP contribution in [-0.4, -0.2) is 42.1 Å². The van der Waals surface area contributed by atoms with Gasteiger partial charge in [-0.15, -0.1) is 0 Å². The topological polar surface area (TPSA) is 131 Å². The maximum absolute atomic E-state index is 12.6. The summed E-state index contributed by atoms with van der Waals surface area (Å²) in [5, 5.41) is 0. The standard InChI is InChI=1S/C27H41NO8/c1-10-27(8,9)26(32)34-18(7)17(6)33-25(31)20(28)13-19-11-12-21(35-23(29)15(2)3)22(14-19)36-24(30)16(4)5/h11-12,14-18,20H,10,13,28H2,1-9H3/t17-,18-,20-/m0/s1. The highest BCUT2D eigenvalue weighted by Gasteiger charge is 2.31. The third-order valence-electron chi connectivity index (χ3n) is 5.82. The van der Waals surface area contributed by atoms with E-state index in [9.17, 15) is 19.2 Å². The van der Waals surface area contributed by atoms with Crippen LogP contribution in [0, 0.1) is 17.3 Å². The van der Waals surface area contributed by atoms with Gasteiger partial charge in [-0.1, -0.05) is 40.7 Å². The summed E-state index contributed by atoms with van der Waals surface area (Å²) >= 11 is 0. The van der Waals surface area contributed by atoms with Gasteiger partial charge in [0, 0.05) is 0 Å². The molecule has 0 fully saturated rings. The Kier molecular flexibility index (Phi) is 11.6. The average molecular weight is 508 g/mol. The second kappa shape index (κ2) is 13.4. The van der Waals surface area contributed by atoms with Crippen molar-refractivity contribution in [3.05, 3.63) is 23.8 Å². The van der Waals surface area contributed by atoms with E-state index in [1.165, 1.54) is 12.1 Å². The van der Waals surface area contributed by atoms with Gasteiger partial charge >= 0.3 is 23.9 Å². The Bertz CT molecular complexity index is 938. The van der Waals surface area contributed by atoms with Crippen LogP contribution < -0.4 is 15.2 Å². The monoisotopic (exact) mass is 507 g/mol. The van der Waals surface area contributed by atoms with E-state index in [-0.39, 0.29) is 29.8 Å². The molecule has 1 rings (SSSR count). The fourth-order valence-corrected chi connectivity index (χ4v) is 2.57. The maximum Gasteiger partial charge on any atom is 0.323 e. The molecule has 0 spiro atoms. The van der Waals surface area contributed by atoms with Crippen molar-refractivity contribution in [3.8, 4) is 11.5 Å². The molecule has 0 aliphatic heterocycles. The molecule has 0 aromatic heterocycles. The highest BCUT2D eigenvalue weighted by Crippen LogP contribution is 2.30. The fraction of sp³-hybridized carbons (Fsp3) is 0.630. The predicted octanol–water partition coefficient (Wildman–Crippen LogP) is 3.98. The van der Waals surface area contributed by atoms with E-state index in [1.54, 1.807) is 61.5 Å².